The SMILES string of the molecule is COc1cc(Sc2ncnc3nc[nH]c23)nc(N)n1. The standard InChI is InChI=1S/C10H9N7OS/c1-18-5-2-6(17-10(11)16-5)19-9-7-8(13-3-12-7)14-4-15-9/h2-4H,1H3,(H2,11,16,17)(H,12,13,14,15). The highest BCUT2D eigenvalue weighted by atomic mass is 32.2. The molecule has 0 atom stereocenters. The van der Waals surface area contributed by atoms with Crippen LogP contribution in [0.2, 0.25) is 0 Å². The fraction of sp³-hybridized carbons (Fsp3) is 0.100. The maximum absolute atomic E-state index is 5.61. The Kier molecular flexibility index (Phi) is 2.88. The molecule has 9 heteroatoms. The molecular formula is C10H9N7OS. The van der Waals surface area contributed by atoms with Crippen molar-refractivity contribution in [2.75, 3.05) is 12.8 Å². The molecule has 8 nitrogen and oxygen atoms in total. The van der Waals surface area contributed by atoms with E-state index in [0.717, 1.165) is 5.52 Å². The zero-order valence-corrected chi connectivity index (χ0v) is 10.7. The topological polar surface area (TPSA) is 115 Å². The minimum absolute atomic E-state index is 0.150. The quantitative estimate of drug-likeness (QED) is 0.677. The number of nitrogens with one attached hydrogen (secondary N) is 1. The number of aromatic amines is 1. The lowest BCUT2D eigenvalue weighted by molar-refractivity contribution is 0.396. The summed E-state index contributed by atoms with van der Waals surface area (Å²) in [5.74, 6) is 0.557. The van der Waals surface area contributed by atoms with E-state index in [1.807, 2.05) is 0 Å². The predicted molar refractivity (Wildman–Crippen MR) is 68.8 cm³/mol. The summed E-state index contributed by atoms with van der Waals surface area (Å²) in [6, 6.07) is 1.69. The van der Waals surface area contributed by atoms with Crippen molar-refractivity contribution >= 4 is 28.9 Å². The van der Waals surface area contributed by atoms with Crippen LogP contribution in [0.25, 0.3) is 11.2 Å². The van der Waals surface area contributed by atoms with Crippen LogP contribution in [0.15, 0.2) is 28.8 Å². The first kappa shape index (κ1) is 11.7. The smallest absolute Gasteiger partial charge is 0.224 e. The molecule has 3 rings (SSSR count). The molecule has 3 N–H and O–H groups in total. The van der Waals surface area contributed by atoms with Gasteiger partial charge in [-0.1, -0.05) is 0 Å². The molecule has 0 spiro atoms. The Hall–Kier alpha value is -2.42. The number of hydrogen-bond acceptors (Lipinski definition) is 8. The van der Waals surface area contributed by atoms with Crippen LogP contribution in [-0.4, -0.2) is 37.0 Å². The maximum atomic E-state index is 5.61. The van der Waals surface area contributed by atoms with Crippen molar-refractivity contribution in [1.82, 2.24) is 29.9 Å². The highest BCUT2D eigenvalue weighted by Gasteiger charge is 2.10. The molecule has 3 aromatic rings. The highest BCUT2D eigenvalue weighted by Crippen LogP contribution is 2.30. The van der Waals surface area contributed by atoms with E-state index in [1.165, 1.54) is 25.2 Å². The van der Waals surface area contributed by atoms with Crippen molar-refractivity contribution in [2.45, 2.75) is 10.1 Å². The van der Waals surface area contributed by atoms with Crippen molar-refractivity contribution in [1.29, 1.82) is 0 Å². The van der Waals surface area contributed by atoms with Crippen LogP contribution in [0, 0.1) is 0 Å². The monoisotopic (exact) mass is 275 g/mol. The lowest BCUT2D eigenvalue weighted by Gasteiger charge is -2.04. The van der Waals surface area contributed by atoms with Crippen LogP contribution in [0.5, 0.6) is 5.88 Å². The molecule has 3 aromatic heterocycles. The summed E-state index contributed by atoms with van der Waals surface area (Å²) in [6.07, 6.45) is 3.02. The summed E-state index contributed by atoms with van der Waals surface area (Å²) >= 11 is 1.33. The van der Waals surface area contributed by atoms with Gasteiger partial charge >= 0.3 is 0 Å². The second-order valence-electron chi connectivity index (χ2n) is 3.49. The van der Waals surface area contributed by atoms with E-state index in [-0.39, 0.29) is 5.95 Å². The molecule has 0 aromatic carbocycles. The number of rotatable bonds is 3. The average Bonchev–Trinajstić information content (AvgIpc) is 2.87. The van der Waals surface area contributed by atoms with Crippen LogP contribution >= 0.6 is 11.8 Å². The van der Waals surface area contributed by atoms with Crippen molar-refractivity contribution < 1.29 is 4.74 Å². The number of H-pyrrole nitrogens is 1. The molecule has 0 bridgehead atoms. The molecule has 96 valence electrons. The third-order valence-corrected chi connectivity index (χ3v) is 3.22. The van der Waals surface area contributed by atoms with Gasteiger partial charge in [0.15, 0.2) is 5.65 Å². The molecule has 0 fully saturated rings. The second-order valence-corrected chi connectivity index (χ2v) is 4.50. The first-order valence-corrected chi connectivity index (χ1v) is 6.08. The summed E-state index contributed by atoms with van der Waals surface area (Å²) in [6.45, 7) is 0. The molecule has 0 saturated heterocycles. The number of anilines is 1. The van der Waals surface area contributed by atoms with Crippen LogP contribution in [-0.2, 0) is 0 Å². The van der Waals surface area contributed by atoms with Crippen LogP contribution < -0.4 is 10.5 Å². The van der Waals surface area contributed by atoms with Gasteiger partial charge in [-0.2, -0.15) is 4.98 Å². The third kappa shape index (κ3) is 2.27. The number of nitrogens with two attached hydrogens (primary N) is 1. The van der Waals surface area contributed by atoms with Crippen LogP contribution in [0.3, 0.4) is 0 Å². The van der Waals surface area contributed by atoms with Crippen LogP contribution in [0.1, 0.15) is 0 Å². The number of methoxy groups -OCH3 is 1. The summed E-state index contributed by atoms with van der Waals surface area (Å²) in [5, 5.41) is 1.35. The summed E-state index contributed by atoms with van der Waals surface area (Å²) in [4.78, 5) is 23.4. The number of nitrogen functional groups attached to an aromatic ring is 1. The largest absolute Gasteiger partial charge is 0.481 e. The molecular weight excluding hydrogens is 266 g/mol. The molecule has 0 aliphatic carbocycles. The van der Waals surface area contributed by atoms with Gasteiger partial charge in [-0.05, 0) is 11.8 Å². The van der Waals surface area contributed by atoms with E-state index in [2.05, 4.69) is 29.9 Å². The van der Waals surface area contributed by atoms with E-state index in [1.54, 1.807) is 12.4 Å². The first-order chi connectivity index (χ1) is 9.26. The van der Waals surface area contributed by atoms with Gasteiger partial charge in [0.1, 0.15) is 21.9 Å². The van der Waals surface area contributed by atoms with Crippen molar-refractivity contribution in [3.05, 3.63) is 18.7 Å². The average molecular weight is 275 g/mol. The van der Waals surface area contributed by atoms with Crippen LogP contribution in [0.4, 0.5) is 5.95 Å². The Morgan fingerprint density at radius 3 is 3.00 bits per heavy atom. The van der Waals surface area contributed by atoms with Gasteiger partial charge in [-0.15, -0.1) is 0 Å². The maximum Gasteiger partial charge on any atom is 0.224 e. The first-order valence-electron chi connectivity index (χ1n) is 5.27. The van der Waals surface area contributed by atoms with Gasteiger partial charge in [-0.25, -0.2) is 19.9 Å². The van der Waals surface area contributed by atoms with Gasteiger partial charge in [0, 0.05) is 6.07 Å². The lowest BCUT2D eigenvalue weighted by atomic mass is 10.6. The Labute approximate surface area is 111 Å². The van der Waals surface area contributed by atoms with E-state index in [0.29, 0.717) is 21.6 Å². The molecule has 0 saturated carbocycles. The molecule has 0 aliphatic heterocycles. The third-order valence-electron chi connectivity index (χ3n) is 2.30. The van der Waals surface area contributed by atoms with E-state index >= 15 is 0 Å². The van der Waals surface area contributed by atoms with Gasteiger partial charge in [0.05, 0.1) is 13.4 Å². The highest BCUT2D eigenvalue weighted by molar-refractivity contribution is 7.99. The fourth-order valence-corrected chi connectivity index (χ4v) is 2.35. The Bertz CT molecular complexity index is 729. The zero-order chi connectivity index (χ0) is 13.2. The predicted octanol–water partition coefficient (Wildman–Crippen LogP) is 0.885. The van der Waals surface area contributed by atoms with Crippen molar-refractivity contribution in [3.63, 3.8) is 0 Å². The number of imidazole rings is 1. The van der Waals surface area contributed by atoms with Gasteiger partial charge in [0.2, 0.25) is 11.8 Å². The van der Waals surface area contributed by atoms with Gasteiger partial charge in [0.25, 0.3) is 0 Å². The Morgan fingerprint density at radius 2 is 2.16 bits per heavy atom. The number of ether oxygens (including phenoxy) is 1. The zero-order valence-electron chi connectivity index (χ0n) is 9.86. The molecule has 0 amide bonds. The Morgan fingerprint density at radius 1 is 1.26 bits per heavy atom. The minimum atomic E-state index is 0.150. The summed E-state index contributed by atoms with van der Waals surface area (Å²) in [7, 11) is 1.52. The molecule has 0 unspecified atom stereocenters. The summed E-state index contributed by atoms with van der Waals surface area (Å²) < 4.78 is 5.05. The number of aromatic nitrogens is 6. The van der Waals surface area contributed by atoms with E-state index < -0.39 is 0 Å². The van der Waals surface area contributed by atoms with Gasteiger partial charge < -0.3 is 15.5 Å². The normalized spacial score (nSPS) is 10.8. The Balaban J connectivity index is 2.01. The molecule has 19 heavy (non-hydrogen) atoms. The molecule has 3 heterocycles. The van der Waals surface area contributed by atoms with Crippen molar-refractivity contribution in [2.24, 2.45) is 0 Å². The summed E-state index contributed by atoms with van der Waals surface area (Å²) in [5.41, 5.74) is 6.97. The van der Waals surface area contributed by atoms with Gasteiger partial charge in [-0.3, -0.25) is 0 Å². The van der Waals surface area contributed by atoms with E-state index in [9.17, 15) is 0 Å². The molecule has 0 radical (unpaired) electrons. The van der Waals surface area contributed by atoms with Crippen molar-refractivity contribution in [3.8, 4) is 5.88 Å². The number of hydrogen-bond donors (Lipinski definition) is 2. The minimum Gasteiger partial charge on any atom is -0.481 e. The number of nitrogens with zero attached hydrogens (tertiary/aromatic N) is 5. The second kappa shape index (κ2) is 4.69. The number of fused-ring (bicyclic) bond motifs is 1. The molecule has 0 aliphatic rings. The van der Waals surface area contributed by atoms with E-state index in [4.69, 9.17) is 10.5 Å². The lowest BCUT2D eigenvalue weighted by Crippen LogP contribution is -1.98. The fourth-order valence-electron chi connectivity index (χ4n) is 1.50.